The number of aromatic nitrogens is 1. The molecule has 37 heavy (non-hydrogen) atoms. The van der Waals surface area contributed by atoms with Gasteiger partial charge in [0.25, 0.3) is 5.91 Å². The van der Waals surface area contributed by atoms with Gasteiger partial charge in [0.2, 0.25) is 5.43 Å². The topological polar surface area (TPSA) is 86.0 Å². The summed E-state index contributed by atoms with van der Waals surface area (Å²) in [5.74, 6) is -1.64. The van der Waals surface area contributed by atoms with Crippen LogP contribution >= 0.6 is 23.4 Å². The molecule has 1 unspecified atom stereocenters. The number of aliphatic hydroxyl groups is 1. The fraction of sp³-hybridized carbons (Fsp3) is 0.280. The highest BCUT2D eigenvalue weighted by atomic mass is 35.5. The normalized spacial score (nSPS) is 18.1. The molecule has 2 atom stereocenters. The van der Waals surface area contributed by atoms with Gasteiger partial charge < -0.3 is 15.1 Å². The molecule has 1 amide bonds. The van der Waals surface area contributed by atoms with E-state index in [9.17, 15) is 33.0 Å². The molecule has 0 spiro atoms. The van der Waals surface area contributed by atoms with Crippen LogP contribution in [0.3, 0.4) is 0 Å². The van der Waals surface area contributed by atoms with Crippen molar-refractivity contribution in [1.82, 2.24) is 9.58 Å². The fourth-order valence-corrected chi connectivity index (χ4v) is 6.11. The number of aromatic hydroxyl groups is 1. The predicted octanol–water partition coefficient (Wildman–Crippen LogP) is 4.40. The standard InChI is InChI=1S/C25H21ClF3N3O4S/c1-13(25(27,28)29)30-12-32(31-9-15(10-33)22(34)23(35)21(31)24(30)36)20-16-6-2-3-8-18(16)37-11-14-5-4-7-17(26)19(14)20/h2-9,13,20,33,35H,10-12H2,1H3/t13?,20-/m1/s1. The molecular formula is C25H21ClF3N3O4S. The van der Waals surface area contributed by atoms with E-state index in [0.29, 0.717) is 21.2 Å². The van der Waals surface area contributed by atoms with E-state index in [2.05, 4.69) is 0 Å². The van der Waals surface area contributed by atoms with Crippen molar-refractivity contribution in [2.45, 2.75) is 42.4 Å². The van der Waals surface area contributed by atoms with Crippen LogP contribution in [-0.4, -0.2) is 44.6 Å². The second kappa shape index (κ2) is 9.30. The second-order valence-corrected chi connectivity index (χ2v) is 10.2. The summed E-state index contributed by atoms with van der Waals surface area (Å²) in [6.07, 6.45) is -3.58. The highest BCUT2D eigenvalue weighted by Crippen LogP contribution is 2.45. The first-order chi connectivity index (χ1) is 17.5. The first-order valence-corrected chi connectivity index (χ1v) is 12.6. The predicted molar refractivity (Wildman–Crippen MR) is 132 cm³/mol. The molecule has 12 heteroatoms. The number of carbonyl (C=O) groups excluding carboxylic acids is 1. The largest absolute Gasteiger partial charge is 0.502 e. The minimum absolute atomic E-state index is 0.216. The zero-order valence-corrected chi connectivity index (χ0v) is 20.9. The summed E-state index contributed by atoms with van der Waals surface area (Å²) < 4.78 is 42.7. The molecule has 5 rings (SSSR count). The van der Waals surface area contributed by atoms with E-state index < -0.39 is 54.3 Å². The Morgan fingerprint density at radius 3 is 2.59 bits per heavy atom. The summed E-state index contributed by atoms with van der Waals surface area (Å²) in [7, 11) is 0. The van der Waals surface area contributed by atoms with Crippen LogP contribution in [0.5, 0.6) is 5.75 Å². The van der Waals surface area contributed by atoms with Crippen LogP contribution in [0.15, 0.2) is 58.4 Å². The smallest absolute Gasteiger partial charge is 0.408 e. The monoisotopic (exact) mass is 551 g/mol. The Kier molecular flexibility index (Phi) is 6.41. The van der Waals surface area contributed by atoms with E-state index in [0.717, 1.165) is 22.9 Å². The molecule has 0 saturated heterocycles. The molecule has 2 N–H and O–H groups in total. The number of benzene rings is 2. The zero-order chi connectivity index (χ0) is 26.6. The van der Waals surface area contributed by atoms with Gasteiger partial charge >= 0.3 is 6.18 Å². The lowest BCUT2D eigenvalue weighted by Crippen LogP contribution is -2.60. The number of rotatable bonds is 3. The number of thioether (sulfide) groups is 1. The molecule has 3 aromatic rings. The molecule has 194 valence electrons. The molecule has 1 aromatic heterocycles. The van der Waals surface area contributed by atoms with E-state index in [1.165, 1.54) is 15.9 Å². The van der Waals surface area contributed by atoms with Crippen LogP contribution in [-0.2, 0) is 12.4 Å². The van der Waals surface area contributed by atoms with Gasteiger partial charge in [0.15, 0.2) is 11.4 Å². The molecule has 2 aliphatic heterocycles. The van der Waals surface area contributed by atoms with Gasteiger partial charge in [-0.2, -0.15) is 13.2 Å². The number of carbonyl (C=O) groups is 1. The Morgan fingerprint density at radius 2 is 1.89 bits per heavy atom. The number of pyridine rings is 1. The van der Waals surface area contributed by atoms with Gasteiger partial charge in [-0.05, 0) is 30.2 Å². The SMILES string of the molecule is CC(N1CN([C@@H]2c3ccccc3SCc3cccc(Cl)c32)n2cc(CO)c(=O)c(O)c2C1=O)C(F)(F)F. The maximum absolute atomic E-state index is 13.9. The molecule has 0 radical (unpaired) electrons. The molecule has 0 aliphatic carbocycles. The van der Waals surface area contributed by atoms with Crippen LogP contribution < -0.4 is 10.4 Å². The maximum atomic E-state index is 13.9. The molecular weight excluding hydrogens is 531 g/mol. The molecule has 7 nitrogen and oxygen atoms in total. The van der Waals surface area contributed by atoms with Crippen LogP contribution in [0.25, 0.3) is 0 Å². The van der Waals surface area contributed by atoms with Crippen molar-refractivity contribution in [3.05, 3.63) is 91.9 Å². The Labute approximate surface area is 218 Å². The molecule has 2 aliphatic rings. The van der Waals surface area contributed by atoms with E-state index >= 15 is 0 Å². The third kappa shape index (κ3) is 4.14. The van der Waals surface area contributed by atoms with Gasteiger partial charge in [0.05, 0.1) is 6.61 Å². The number of halogens is 4. The summed E-state index contributed by atoms with van der Waals surface area (Å²) in [6, 6.07) is 9.69. The van der Waals surface area contributed by atoms with Gasteiger partial charge in [0.1, 0.15) is 18.8 Å². The number of fused-ring (bicyclic) bond motifs is 3. The highest BCUT2D eigenvalue weighted by molar-refractivity contribution is 7.98. The van der Waals surface area contributed by atoms with Crippen molar-refractivity contribution in [2.24, 2.45) is 0 Å². The maximum Gasteiger partial charge on any atom is 0.408 e. The van der Waals surface area contributed by atoms with E-state index in [1.807, 2.05) is 24.3 Å². The van der Waals surface area contributed by atoms with E-state index in [1.54, 1.807) is 30.0 Å². The lowest BCUT2D eigenvalue weighted by atomic mass is 9.94. The molecule has 3 heterocycles. The summed E-state index contributed by atoms with van der Waals surface area (Å²) in [6.45, 7) is -0.430. The van der Waals surface area contributed by atoms with Crippen molar-refractivity contribution in [3.63, 3.8) is 0 Å². The number of hydrogen-bond acceptors (Lipinski definition) is 6. The summed E-state index contributed by atoms with van der Waals surface area (Å²) in [5, 5.41) is 22.3. The van der Waals surface area contributed by atoms with Gasteiger partial charge in [-0.3, -0.25) is 19.3 Å². The van der Waals surface area contributed by atoms with Crippen LogP contribution in [0, 0.1) is 0 Å². The highest BCUT2D eigenvalue weighted by Gasteiger charge is 2.48. The van der Waals surface area contributed by atoms with Gasteiger partial charge in [-0.15, -0.1) is 11.8 Å². The minimum atomic E-state index is -4.77. The quantitative estimate of drug-likeness (QED) is 0.502. The third-order valence-corrected chi connectivity index (χ3v) is 8.17. The number of amides is 1. The molecule has 0 fully saturated rings. The number of hydrogen-bond donors (Lipinski definition) is 2. The van der Waals surface area contributed by atoms with Crippen molar-refractivity contribution < 1.29 is 28.2 Å². The van der Waals surface area contributed by atoms with Crippen molar-refractivity contribution in [3.8, 4) is 5.75 Å². The van der Waals surface area contributed by atoms with Gasteiger partial charge in [0, 0.05) is 33.0 Å². The van der Waals surface area contributed by atoms with Crippen LogP contribution in [0.4, 0.5) is 13.2 Å². The van der Waals surface area contributed by atoms with Crippen LogP contribution in [0.1, 0.15) is 45.7 Å². The van der Waals surface area contributed by atoms with Gasteiger partial charge in [-0.25, -0.2) is 0 Å². The Hall–Kier alpha value is -3.15. The van der Waals surface area contributed by atoms with E-state index in [-0.39, 0.29) is 5.56 Å². The number of alkyl halides is 3. The average molecular weight is 552 g/mol. The molecule has 2 aromatic carbocycles. The first kappa shape index (κ1) is 25.5. The fourth-order valence-electron chi connectivity index (χ4n) is 4.73. The van der Waals surface area contributed by atoms with E-state index in [4.69, 9.17) is 11.6 Å². The lowest BCUT2D eigenvalue weighted by Gasteiger charge is -2.46. The van der Waals surface area contributed by atoms with Gasteiger partial charge in [-0.1, -0.05) is 41.9 Å². The first-order valence-electron chi connectivity index (χ1n) is 11.3. The molecule has 0 bridgehead atoms. The second-order valence-electron chi connectivity index (χ2n) is 8.80. The summed E-state index contributed by atoms with van der Waals surface area (Å²) in [5.41, 5.74) is 0.340. The zero-order valence-electron chi connectivity index (χ0n) is 19.4. The Balaban J connectivity index is 1.83. The van der Waals surface area contributed by atoms with Crippen molar-refractivity contribution >= 4 is 29.3 Å². The Morgan fingerprint density at radius 1 is 1.16 bits per heavy atom. The van der Waals surface area contributed by atoms with Crippen LogP contribution in [0.2, 0.25) is 5.02 Å². The third-order valence-electron chi connectivity index (χ3n) is 6.70. The lowest BCUT2D eigenvalue weighted by molar-refractivity contribution is -0.173. The number of aliphatic hydroxyl groups excluding tert-OH is 1. The summed E-state index contributed by atoms with van der Waals surface area (Å²) in [4.78, 5) is 27.4. The molecule has 0 saturated carbocycles. The summed E-state index contributed by atoms with van der Waals surface area (Å²) >= 11 is 8.23. The minimum Gasteiger partial charge on any atom is -0.502 e. The number of nitrogens with zero attached hydrogens (tertiary/aromatic N) is 3. The average Bonchev–Trinajstić information content (AvgIpc) is 3.03. The Bertz CT molecular complexity index is 1460. The van der Waals surface area contributed by atoms with Crippen molar-refractivity contribution in [1.29, 1.82) is 0 Å². The van der Waals surface area contributed by atoms with Crippen molar-refractivity contribution in [2.75, 3.05) is 11.7 Å².